The first kappa shape index (κ1) is 10.3. The number of pyridine rings is 1. The van der Waals surface area contributed by atoms with E-state index in [9.17, 15) is 0 Å². The van der Waals surface area contributed by atoms with Crippen LogP contribution in [0.3, 0.4) is 0 Å². The number of hydrogen-bond acceptors (Lipinski definition) is 3. The van der Waals surface area contributed by atoms with Crippen LogP contribution in [0, 0.1) is 11.3 Å². The number of nitrogens with zero attached hydrogens (tertiary/aromatic N) is 2. The molecule has 0 saturated heterocycles. The first-order chi connectivity index (χ1) is 7.83. The van der Waals surface area contributed by atoms with Crippen LogP contribution in [0.25, 0.3) is 11.1 Å². The van der Waals surface area contributed by atoms with Gasteiger partial charge in [0.25, 0.3) is 0 Å². The fourth-order valence-corrected chi connectivity index (χ4v) is 1.60. The second-order valence-corrected chi connectivity index (χ2v) is 3.44. The smallest absolute Gasteiger partial charge is 0.120 e. The van der Waals surface area contributed by atoms with Gasteiger partial charge in [0.1, 0.15) is 6.04 Å². The van der Waals surface area contributed by atoms with Crippen molar-refractivity contribution in [1.29, 1.82) is 5.26 Å². The Morgan fingerprint density at radius 3 is 2.62 bits per heavy atom. The maximum Gasteiger partial charge on any atom is 0.120 e. The summed E-state index contributed by atoms with van der Waals surface area (Å²) in [6.07, 6.45) is 3.35. The minimum Gasteiger partial charge on any atom is -0.312 e. The summed E-state index contributed by atoms with van der Waals surface area (Å²) < 4.78 is 0. The van der Waals surface area contributed by atoms with Crippen LogP contribution in [-0.2, 0) is 0 Å². The molecule has 0 aliphatic carbocycles. The molecule has 2 rings (SSSR count). The fourth-order valence-electron chi connectivity index (χ4n) is 1.60. The molecule has 1 heterocycles. The quantitative estimate of drug-likeness (QED) is 0.825. The SMILES string of the molecule is N#CC(N)c1cnccc1-c1ccccc1. The standard InChI is InChI=1S/C13H11N3/c14-8-13(15)12-9-16-7-6-11(12)10-4-2-1-3-5-10/h1-7,9,13H,15H2. The van der Waals surface area contributed by atoms with Crippen molar-refractivity contribution in [3.05, 3.63) is 54.4 Å². The van der Waals surface area contributed by atoms with Crippen molar-refractivity contribution in [3.63, 3.8) is 0 Å². The zero-order chi connectivity index (χ0) is 11.4. The van der Waals surface area contributed by atoms with Gasteiger partial charge in [-0.1, -0.05) is 30.3 Å². The summed E-state index contributed by atoms with van der Waals surface area (Å²) in [5.74, 6) is 0. The molecule has 0 aliphatic rings. The predicted molar refractivity (Wildman–Crippen MR) is 62.2 cm³/mol. The van der Waals surface area contributed by atoms with Gasteiger partial charge in [-0.2, -0.15) is 5.26 Å². The number of rotatable bonds is 2. The molecule has 1 atom stereocenters. The molecule has 1 unspecified atom stereocenters. The van der Waals surface area contributed by atoms with Crippen LogP contribution in [-0.4, -0.2) is 4.98 Å². The Hall–Kier alpha value is -2.18. The number of hydrogen-bond donors (Lipinski definition) is 1. The lowest BCUT2D eigenvalue weighted by molar-refractivity contribution is 0.918. The molecule has 3 heteroatoms. The lowest BCUT2D eigenvalue weighted by atomic mass is 9.98. The lowest BCUT2D eigenvalue weighted by Gasteiger charge is -2.10. The molecule has 1 aromatic heterocycles. The zero-order valence-electron chi connectivity index (χ0n) is 8.67. The Morgan fingerprint density at radius 2 is 1.94 bits per heavy atom. The van der Waals surface area contributed by atoms with Gasteiger partial charge >= 0.3 is 0 Å². The first-order valence-electron chi connectivity index (χ1n) is 4.97. The van der Waals surface area contributed by atoms with Crippen molar-refractivity contribution < 1.29 is 0 Å². The largest absolute Gasteiger partial charge is 0.312 e. The first-order valence-corrected chi connectivity index (χ1v) is 4.97. The molecule has 2 aromatic rings. The van der Waals surface area contributed by atoms with Crippen LogP contribution in [0.4, 0.5) is 0 Å². The van der Waals surface area contributed by atoms with E-state index in [0.717, 1.165) is 16.7 Å². The van der Waals surface area contributed by atoms with E-state index < -0.39 is 6.04 Å². The van der Waals surface area contributed by atoms with Gasteiger partial charge in [0, 0.05) is 18.0 Å². The Balaban J connectivity index is 2.54. The van der Waals surface area contributed by atoms with Crippen LogP contribution >= 0.6 is 0 Å². The summed E-state index contributed by atoms with van der Waals surface area (Å²) in [6.45, 7) is 0. The number of nitriles is 1. The van der Waals surface area contributed by atoms with Gasteiger partial charge in [0.05, 0.1) is 6.07 Å². The van der Waals surface area contributed by atoms with Gasteiger partial charge in [-0.05, 0) is 17.2 Å². The summed E-state index contributed by atoms with van der Waals surface area (Å²) in [5.41, 5.74) is 8.50. The number of aromatic nitrogens is 1. The van der Waals surface area contributed by atoms with Crippen molar-refractivity contribution in [2.75, 3.05) is 0 Å². The highest BCUT2D eigenvalue weighted by atomic mass is 14.7. The fraction of sp³-hybridized carbons (Fsp3) is 0.0769. The molecule has 0 amide bonds. The Kier molecular flexibility index (Phi) is 2.95. The Labute approximate surface area is 94.2 Å². The van der Waals surface area contributed by atoms with Crippen molar-refractivity contribution >= 4 is 0 Å². The van der Waals surface area contributed by atoms with E-state index in [0.29, 0.717) is 0 Å². The highest BCUT2D eigenvalue weighted by molar-refractivity contribution is 5.67. The van der Waals surface area contributed by atoms with E-state index in [-0.39, 0.29) is 0 Å². The Bertz CT molecular complexity index is 514. The molecule has 0 saturated carbocycles. The molecular formula is C13H11N3. The van der Waals surface area contributed by atoms with Gasteiger partial charge in [-0.15, -0.1) is 0 Å². The van der Waals surface area contributed by atoms with Crippen LogP contribution < -0.4 is 5.73 Å². The number of nitrogens with two attached hydrogens (primary N) is 1. The summed E-state index contributed by atoms with van der Waals surface area (Å²) in [5, 5.41) is 8.86. The van der Waals surface area contributed by atoms with Crippen LogP contribution in [0.2, 0.25) is 0 Å². The summed E-state index contributed by atoms with van der Waals surface area (Å²) in [6, 6.07) is 13.1. The summed E-state index contributed by atoms with van der Waals surface area (Å²) in [7, 11) is 0. The van der Waals surface area contributed by atoms with Gasteiger partial charge in [-0.3, -0.25) is 4.98 Å². The van der Waals surface area contributed by atoms with Crippen molar-refractivity contribution in [1.82, 2.24) is 4.98 Å². The van der Waals surface area contributed by atoms with E-state index in [1.807, 2.05) is 42.5 Å². The molecule has 0 fully saturated rings. The molecule has 1 aromatic carbocycles. The minimum atomic E-state index is -0.635. The van der Waals surface area contributed by atoms with Gasteiger partial charge in [0.15, 0.2) is 0 Å². The predicted octanol–water partition coefficient (Wildman–Crippen LogP) is 2.27. The molecule has 0 radical (unpaired) electrons. The Morgan fingerprint density at radius 1 is 1.19 bits per heavy atom. The van der Waals surface area contributed by atoms with Gasteiger partial charge in [-0.25, -0.2) is 0 Å². The van der Waals surface area contributed by atoms with Crippen molar-refractivity contribution in [2.24, 2.45) is 5.73 Å². The third kappa shape index (κ3) is 1.92. The van der Waals surface area contributed by atoms with E-state index in [1.165, 1.54) is 0 Å². The third-order valence-electron chi connectivity index (χ3n) is 2.41. The zero-order valence-corrected chi connectivity index (χ0v) is 8.67. The average molecular weight is 209 g/mol. The average Bonchev–Trinajstić information content (AvgIpc) is 2.39. The molecule has 0 bridgehead atoms. The maximum absolute atomic E-state index is 8.86. The molecule has 16 heavy (non-hydrogen) atoms. The molecule has 78 valence electrons. The highest BCUT2D eigenvalue weighted by Gasteiger charge is 2.11. The van der Waals surface area contributed by atoms with E-state index in [4.69, 9.17) is 11.0 Å². The van der Waals surface area contributed by atoms with Gasteiger partial charge < -0.3 is 5.73 Å². The van der Waals surface area contributed by atoms with Crippen molar-refractivity contribution in [3.8, 4) is 17.2 Å². The molecule has 0 aliphatic heterocycles. The normalized spacial score (nSPS) is 11.8. The lowest BCUT2D eigenvalue weighted by Crippen LogP contribution is -2.09. The van der Waals surface area contributed by atoms with Crippen LogP contribution in [0.15, 0.2) is 48.8 Å². The molecule has 0 spiro atoms. The van der Waals surface area contributed by atoms with Crippen LogP contribution in [0.1, 0.15) is 11.6 Å². The van der Waals surface area contributed by atoms with E-state index >= 15 is 0 Å². The van der Waals surface area contributed by atoms with Gasteiger partial charge in [0.2, 0.25) is 0 Å². The molecular weight excluding hydrogens is 198 g/mol. The van der Waals surface area contributed by atoms with Crippen LogP contribution in [0.5, 0.6) is 0 Å². The monoisotopic (exact) mass is 209 g/mol. The summed E-state index contributed by atoms with van der Waals surface area (Å²) >= 11 is 0. The second-order valence-electron chi connectivity index (χ2n) is 3.44. The highest BCUT2D eigenvalue weighted by Crippen LogP contribution is 2.25. The topological polar surface area (TPSA) is 62.7 Å². The summed E-state index contributed by atoms with van der Waals surface area (Å²) in [4.78, 5) is 4.01. The second kappa shape index (κ2) is 4.56. The minimum absolute atomic E-state index is 0.635. The molecule has 2 N–H and O–H groups in total. The van der Waals surface area contributed by atoms with E-state index in [1.54, 1.807) is 12.4 Å². The third-order valence-corrected chi connectivity index (χ3v) is 2.41. The van der Waals surface area contributed by atoms with Crippen molar-refractivity contribution in [2.45, 2.75) is 6.04 Å². The number of benzene rings is 1. The molecule has 3 nitrogen and oxygen atoms in total. The van der Waals surface area contributed by atoms with E-state index in [2.05, 4.69) is 4.98 Å². The maximum atomic E-state index is 8.86.